The van der Waals surface area contributed by atoms with Crippen LogP contribution in [0.3, 0.4) is 0 Å². The second-order valence-corrected chi connectivity index (χ2v) is 11.5. The Kier molecular flexibility index (Phi) is 13.8. The lowest BCUT2D eigenvalue weighted by molar-refractivity contribution is 0.678. The summed E-state index contributed by atoms with van der Waals surface area (Å²) < 4.78 is 0. The Morgan fingerprint density at radius 2 is 0.733 bits per heavy atom. The van der Waals surface area contributed by atoms with Gasteiger partial charge in [-0.2, -0.15) is 15.0 Å². The van der Waals surface area contributed by atoms with Crippen LogP contribution in [0.1, 0.15) is 79.1 Å². The second kappa shape index (κ2) is 18.5. The van der Waals surface area contributed by atoms with E-state index in [1.165, 1.54) is 62.7 Å². The van der Waals surface area contributed by atoms with Crippen LogP contribution < -0.4 is 25.8 Å². The van der Waals surface area contributed by atoms with Gasteiger partial charge in [0.15, 0.2) is 0 Å². The third-order valence-electron chi connectivity index (χ3n) is 7.77. The molecule has 3 aromatic carbocycles. The van der Waals surface area contributed by atoms with Crippen molar-refractivity contribution in [2.45, 2.75) is 79.1 Å². The first-order valence-electron chi connectivity index (χ1n) is 16.9. The van der Waals surface area contributed by atoms with Crippen molar-refractivity contribution in [3.63, 3.8) is 0 Å². The third-order valence-corrected chi connectivity index (χ3v) is 7.77. The van der Waals surface area contributed by atoms with E-state index in [2.05, 4.69) is 102 Å². The maximum absolute atomic E-state index is 4.74. The Morgan fingerprint density at radius 3 is 1.04 bits per heavy atom. The third kappa shape index (κ3) is 11.0. The molecule has 0 saturated carbocycles. The summed E-state index contributed by atoms with van der Waals surface area (Å²) in [5.74, 6) is 1.40. The van der Waals surface area contributed by atoms with Crippen molar-refractivity contribution in [2.24, 2.45) is 0 Å². The molecule has 0 saturated heterocycles. The summed E-state index contributed by atoms with van der Waals surface area (Å²) in [7, 11) is 0. The molecule has 0 radical (unpaired) electrons. The van der Waals surface area contributed by atoms with Gasteiger partial charge in [0.1, 0.15) is 0 Å². The van der Waals surface area contributed by atoms with Crippen LogP contribution in [0.2, 0.25) is 0 Å². The van der Waals surface area contributed by atoms with Crippen LogP contribution >= 0.6 is 0 Å². The monoisotopic (exact) mass is 608 g/mol. The lowest BCUT2D eigenvalue weighted by Gasteiger charge is -2.25. The molecule has 4 aromatic rings. The number of para-hydroxylation sites is 1. The SMILES string of the molecule is CCCCN(CCCC)c1ccc(Nc2nc(Nc3ccccc3)nc(Nc3ccc(N(CCCC)CCCC)cc3)n2)cc1. The first kappa shape index (κ1) is 33.6. The standard InChI is InChI=1S/C37H52N8/c1-5-9-26-44(27-10-6-2)33-22-18-31(19-23-33)39-36-41-35(38-30-16-14-13-15-17-30)42-37(43-36)40-32-20-24-34(25-21-32)45(28-11-7-3)29-12-8-4/h13-25H,5-12,26-29H2,1-4H3,(H3,38,39,40,41,42,43). The van der Waals surface area contributed by atoms with Gasteiger partial charge in [-0.15, -0.1) is 0 Å². The van der Waals surface area contributed by atoms with Crippen LogP contribution in [0.5, 0.6) is 0 Å². The average Bonchev–Trinajstić information content (AvgIpc) is 3.06. The van der Waals surface area contributed by atoms with E-state index in [1.54, 1.807) is 0 Å². The van der Waals surface area contributed by atoms with Crippen LogP contribution in [0, 0.1) is 0 Å². The van der Waals surface area contributed by atoms with Crippen LogP contribution in [-0.2, 0) is 0 Å². The molecule has 8 heteroatoms. The van der Waals surface area contributed by atoms with E-state index in [0.717, 1.165) is 43.2 Å². The summed E-state index contributed by atoms with van der Waals surface area (Å²) in [5, 5.41) is 10.1. The lowest BCUT2D eigenvalue weighted by atomic mass is 10.2. The molecule has 0 spiro atoms. The molecule has 0 bridgehead atoms. The quantitative estimate of drug-likeness (QED) is 0.0915. The van der Waals surface area contributed by atoms with Gasteiger partial charge in [-0.1, -0.05) is 71.6 Å². The zero-order valence-corrected chi connectivity index (χ0v) is 27.7. The van der Waals surface area contributed by atoms with Crippen molar-refractivity contribution >= 4 is 46.3 Å². The van der Waals surface area contributed by atoms with E-state index in [-0.39, 0.29) is 0 Å². The molecule has 0 aliphatic carbocycles. The van der Waals surface area contributed by atoms with Gasteiger partial charge in [0.25, 0.3) is 0 Å². The summed E-state index contributed by atoms with van der Waals surface area (Å²) in [4.78, 5) is 19.1. The summed E-state index contributed by atoms with van der Waals surface area (Å²) in [6, 6.07) is 27.1. The largest absolute Gasteiger partial charge is 0.372 e. The van der Waals surface area contributed by atoms with Gasteiger partial charge in [0.2, 0.25) is 17.8 Å². The van der Waals surface area contributed by atoms with Crippen molar-refractivity contribution in [1.82, 2.24) is 15.0 Å². The minimum Gasteiger partial charge on any atom is -0.372 e. The highest BCUT2D eigenvalue weighted by molar-refractivity contribution is 5.64. The van der Waals surface area contributed by atoms with Gasteiger partial charge >= 0.3 is 0 Å². The first-order valence-corrected chi connectivity index (χ1v) is 16.9. The van der Waals surface area contributed by atoms with Gasteiger partial charge in [0, 0.05) is 54.6 Å². The summed E-state index contributed by atoms with van der Waals surface area (Å²) in [5.41, 5.74) is 5.26. The molecule has 240 valence electrons. The van der Waals surface area contributed by atoms with Crippen molar-refractivity contribution in [1.29, 1.82) is 0 Å². The van der Waals surface area contributed by atoms with Gasteiger partial charge in [-0.05, 0) is 86.3 Å². The molecule has 0 atom stereocenters. The summed E-state index contributed by atoms with van der Waals surface area (Å²) in [6.07, 6.45) is 9.55. The highest BCUT2D eigenvalue weighted by Gasteiger charge is 2.11. The average molecular weight is 609 g/mol. The van der Waals surface area contributed by atoms with Crippen molar-refractivity contribution < 1.29 is 0 Å². The fourth-order valence-corrected chi connectivity index (χ4v) is 5.10. The molecular formula is C37H52N8. The lowest BCUT2D eigenvalue weighted by Crippen LogP contribution is -2.25. The number of benzene rings is 3. The number of nitrogens with zero attached hydrogens (tertiary/aromatic N) is 5. The van der Waals surface area contributed by atoms with E-state index in [1.807, 2.05) is 30.3 Å². The molecule has 4 rings (SSSR count). The smallest absolute Gasteiger partial charge is 0.233 e. The molecule has 3 N–H and O–H groups in total. The Balaban J connectivity index is 1.53. The minimum absolute atomic E-state index is 0.463. The maximum Gasteiger partial charge on any atom is 0.233 e. The summed E-state index contributed by atoms with van der Waals surface area (Å²) >= 11 is 0. The van der Waals surface area contributed by atoms with Crippen LogP contribution in [0.25, 0.3) is 0 Å². The molecule has 1 heterocycles. The van der Waals surface area contributed by atoms with Gasteiger partial charge in [-0.3, -0.25) is 0 Å². The summed E-state index contributed by atoms with van der Waals surface area (Å²) in [6.45, 7) is 13.3. The highest BCUT2D eigenvalue weighted by atomic mass is 15.3. The molecule has 0 unspecified atom stereocenters. The van der Waals surface area contributed by atoms with E-state index in [4.69, 9.17) is 15.0 Å². The Hall–Kier alpha value is -4.33. The van der Waals surface area contributed by atoms with Crippen LogP contribution in [-0.4, -0.2) is 41.1 Å². The van der Waals surface area contributed by atoms with Gasteiger partial charge in [-0.25, -0.2) is 0 Å². The van der Waals surface area contributed by atoms with E-state index in [9.17, 15) is 0 Å². The predicted octanol–water partition coefficient (Wildman–Crippen LogP) is 9.92. The van der Waals surface area contributed by atoms with Crippen molar-refractivity contribution in [3.05, 3.63) is 78.9 Å². The number of rotatable bonds is 20. The molecule has 0 aliphatic rings. The van der Waals surface area contributed by atoms with E-state index >= 15 is 0 Å². The van der Waals surface area contributed by atoms with Crippen LogP contribution in [0.4, 0.5) is 46.3 Å². The van der Waals surface area contributed by atoms with Crippen molar-refractivity contribution in [2.75, 3.05) is 51.9 Å². The molecule has 0 aliphatic heterocycles. The number of anilines is 8. The fraction of sp³-hybridized carbons (Fsp3) is 0.432. The first-order chi connectivity index (χ1) is 22.1. The van der Waals surface area contributed by atoms with Crippen LogP contribution in [0.15, 0.2) is 78.9 Å². The number of hydrogen-bond acceptors (Lipinski definition) is 8. The molecule has 0 fully saturated rings. The van der Waals surface area contributed by atoms with Crippen molar-refractivity contribution in [3.8, 4) is 0 Å². The Morgan fingerprint density at radius 1 is 0.422 bits per heavy atom. The Bertz CT molecular complexity index is 1280. The number of unbranched alkanes of at least 4 members (excludes halogenated alkanes) is 4. The van der Waals surface area contributed by atoms with E-state index < -0.39 is 0 Å². The number of hydrogen-bond donors (Lipinski definition) is 3. The minimum atomic E-state index is 0.463. The second-order valence-electron chi connectivity index (χ2n) is 11.5. The normalized spacial score (nSPS) is 10.8. The maximum atomic E-state index is 4.74. The molecule has 1 aromatic heterocycles. The zero-order valence-electron chi connectivity index (χ0n) is 27.7. The zero-order chi connectivity index (χ0) is 31.7. The molecular weight excluding hydrogens is 556 g/mol. The predicted molar refractivity (Wildman–Crippen MR) is 193 cm³/mol. The van der Waals surface area contributed by atoms with Gasteiger partial charge in [0.05, 0.1) is 0 Å². The molecule has 8 nitrogen and oxygen atoms in total. The van der Waals surface area contributed by atoms with Gasteiger partial charge < -0.3 is 25.8 Å². The number of nitrogens with one attached hydrogen (secondary N) is 3. The molecule has 45 heavy (non-hydrogen) atoms. The highest BCUT2D eigenvalue weighted by Crippen LogP contribution is 2.25. The number of aromatic nitrogens is 3. The Labute approximate surface area is 270 Å². The van der Waals surface area contributed by atoms with E-state index in [0.29, 0.717) is 17.8 Å². The fourth-order valence-electron chi connectivity index (χ4n) is 5.10. The molecule has 0 amide bonds. The topological polar surface area (TPSA) is 81.2 Å².